The Hall–Kier alpha value is -2.94. The summed E-state index contributed by atoms with van der Waals surface area (Å²) in [6.07, 6.45) is 1.60. The molecule has 0 aliphatic heterocycles. The number of rotatable bonds is 9. The highest BCUT2D eigenvalue weighted by molar-refractivity contribution is 8.00. The van der Waals surface area contributed by atoms with Gasteiger partial charge in [0.05, 0.1) is 25.7 Å². The van der Waals surface area contributed by atoms with E-state index in [1.54, 1.807) is 26.5 Å². The molecule has 1 atom stereocenters. The fraction of sp³-hybridized carbons (Fsp3) is 0.350. The van der Waals surface area contributed by atoms with Crippen LogP contribution >= 0.6 is 11.8 Å². The molecule has 0 aliphatic rings. The maximum Gasteiger partial charge on any atom is 0.233 e. The molecule has 9 heteroatoms. The van der Waals surface area contributed by atoms with Crippen molar-refractivity contribution in [3.05, 3.63) is 42.2 Å². The first-order valence-corrected chi connectivity index (χ1v) is 10.1. The van der Waals surface area contributed by atoms with Crippen LogP contribution in [0.2, 0.25) is 0 Å². The van der Waals surface area contributed by atoms with Crippen LogP contribution in [0.5, 0.6) is 11.5 Å². The van der Waals surface area contributed by atoms with E-state index in [1.807, 2.05) is 42.7 Å². The number of hydrogen-bond acceptors (Lipinski definition) is 7. The second-order valence-corrected chi connectivity index (χ2v) is 7.50. The van der Waals surface area contributed by atoms with Gasteiger partial charge in [-0.25, -0.2) is 0 Å². The minimum absolute atomic E-state index is 0.0880. The molecular weight excluding hydrogens is 392 g/mol. The van der Waals surface area contributed by atoms with Crippen LogP contribution in [0.25, 0.3) is 11.6 Å². The fourth-order valence-corrected chi connectivity index (χ4v) is 3.72. The predicted octanol–water partition coefficient (Wildman–Crippen LogP) is 3.37. The molecule has 8 nitrogen and oxygen atoms in total. The maximum absolute atomic E-state index is 12.6. The van der Waals surface area contributed by atoms with E-state index in [0.717, 1.165) is 5.56 Å². The smallest absolute Gasteiger partial charge is 0.233 e. The van der Waals surface area contributed by atoms with Gasteiger partial charge in [0.25, 0.3) is 0 Å². The molecule has 1 amide bonds. The monoisotopic (exact) mass is 416 g/mol. The van der Waals surface area contributed by atoms with Gasteiger partial charge in [0.2, 0.25) is 5.91 Å². The molecule has 1 aromatic carbocycles. The molecule has 0 spiro atoms. The number of methoxy groups -OCH3 is 2. The molecule has 0 saturated heterocycles. The van der Waals surface area contributed by atoms with Gasteiger partial charge in [0.15, 0.2) is 28.2 Å². The molecule has 29 heavy (non-hydrogen) atoms. The van der Waals surface area contributed by atoms with Crippen LogP contribution in [0, 0.1) is 0 Å². The quantitative estimate of drug-likeness (QED) is 0.535. The second kappa shape index (κ2) is 9.51. The first kappa shape index (κ1) is 20.8. The normalized spacial score (nSPS) is 11.9. The van der Waals surface area contributed by atoms with Crippen molar-refractivity contribution in [2.75, 3.05) is 14.2 Å². The Morgan fingerprint density at radius 2 is 2.03 bits per heavy atom. The largest absolute Gasteiger partial charge is 0.493 e. The number of ether oxygens (including phenoxy) is 2. The lowest BCUT2D eigenvalue weighted by Crippen LogP contribution is -2.30. The molecule has 2 heterocycles. The Morgan fingerprint density at radius 1 is 1.24 bits per heavy atom. The van der Waals surface area contributed by atoms with Gasteiger partial charge in [0.1, 0.15) is 0 Å². The van der Waals surface area contributed by atoms with Crippen LogP contribution in [0.15, 0.2) is 46.2 Å². The third kappa shape index (κ3) is 4.73. The van der Waals surface area contributed by atoms with Crippen LogP contribution < -0.4 is 14.8 Å². The molecule has 3 aromatic rings. The molecule has 2 aromatic heterocycles. The molecule has 1 unspecified atom stereocenters. The zero-order valence-electron chi connectivity index (χ0n) is 16.8. The van der Waals surface area contributed by atoms with Crippen LogP contribution in [0.4, 0.5) is 0 Å². The summed E-state index contributed by atoms with van der Waals surface area (Å²) in [5.74, 6) is 2.49. The van der Waals surface area contributed by atoms with E-state index in [1.165, 1.54) is 11.8 Å². The lowest BCUT2D eigenvalue weighted by molar-refractivity contribution is -0.120. The van der Waals surface area contributed by atoms with Crippen molar-refractivity contribution in [2.45, 2.75) is 37.3 Å². The number of hydrogen-bond donors (Lipinski definition) is 1. The maximum atomic E-state index is 12.6. The minimum Gasteiger partial charge on any atom is -0.493 e. The number of nitrogens with zero attached hydrogens (tertiary/aromatic N) is 3. The summed E-state index contributed by atoms with van der Waals surface area (Å²) in [6.45, 7) is 4.91. The van der Waals surface area contributed by atoms with Crippen molar-refractivity contribution >= 4 is 17.7 Å². The Bertz CT molecular complexity index is 956. The van der Waals surface area contributed by atoms with Crippen molar-refractivity contribution in [1.29, 1.82) is 0 Å². The third-order valence-electron chi connectivity index (χ3n) is 4.34. The van der Waals surface area contributed by atoms with Crippen molar-refractivity contribution < 1.29 is 18.7 Å². The van der Waals surface area contributed by atoms with E-state index in [-0.39, 0.29) is 11.2 Å². The van der Waals surface area contributed by atoms with E-state index in [0.29, 0.717) is 41.3 Å². The van der Waals surface area contributed by atoms with Gasteiger partial charge in [-0.2, -0.15) is 0 Å². The first-order chi connectivity index (χ1) is 14.1. The van der Waals surface area contributed by atoms with Crippen LogP contribution in [-0.4, -0.2) is 40.1 Å². The number of furan rings is 1. The van der Waals surface area contributed by atoms with Gasteiger partial charge in [-0.1, -0.05) is 17.8 Å². The van der Waals surface area contributed by atoms with Crippen molar-refractivity contribution in [2.24, 2.45) is 0 Å². The third-order valence-corrected chi connectivity index (χ3v) is 5.42. The van der Waals surface area contributed by atoms with Gasteiger partial charge in [-0.3, -0.25) is 9.36 Å². The van der Waals surface area contributed by atoms with Gasteiger partial charge in [-0.05, 0) is 43.7 Å². The summed E-state index contributed by atoms with van der Waals surface area (Å²) >= 11 is 1.36. The fourth-order valence-electron chi connectivity index (χ4n) is 2.78. The molecular formula is C20H24N4O4S. The standard InChI is InChI=1S/C20H24N4O4S/c1-5-24-18(16-7-6-10-28-16)22-23-20(24)29-13(2)19(25)21-12-14-8-9-15(26-3)17(11-14)27-4/h6-11,13H,5,12H2,1-4H3,(H,21,25). The summed E-state index contributed by atoms with van der Waals surface area (Å²) < 4.78 is 17.9. The minimum atomic E-state index is -0.339. The predicted molar refractivity (Wildman–Crippen MR) is 110 cm³/mol. The van der Waals surface area contributed by atoms with E-state index < -0.39 is 0 Å². The average Bonchev–Trinajstić information content (AvgIpc) is 3.41. The van der Waals surface area contributed by atoms with Gasteiger partial charge in [0, 0.05) is 13.1 Å². The Kier molecular flexibility index (Phi) is 6.82. The highest BCUT2D eigenvalue weighted by atomic mass is 32.2. The highest BCUT2D eigenvalue weighted by Gasteiger charge is 2.21. The zero-order valence-corrected chi connectivity index (χ0v) is 17.7. The molecule has 0 aliphatic carbocycles. The van der Waals surface area contributed by atoms with Gasteiger partial charge >= 0.3 is 0 Å². The second-order valence-electron chi connectivity index (χ2n) is 6.19. The first-order valence-electron chi connectivity index (χ1n) is 9.19. The van der Waals surface area contributed by atoms with Gasteiger partial charge < -0.3 is 19.2 Å². The SMILES string of the molecule is CCn1c(SC(C)C(=O)NCc2ccc(OC)c(OC)c2)nnc1-c1ccco1. The Balaban J connectivity index is 1.63. The van der Waals surface area contributed by atoms with Crippen molar-refractivity contribution in [3.8, 4) is 23.1 Å². The van der Waals surface area contributed by atoms with Crippen LogP contribution in [-0.2, 0) is 17.9 Å². The summed E-state index contributed by atoms with van der Waals surface area (Å²) in [4.78, 5) is 12.6. The number of benzene rings is 1. The van der Waals surface area contributed by atoms with E-state index in [2.05, 4.69) is 15.5 Å². The van der Waals surface area contributed by atoms with Gasteiger partial charge in [-0.15, -0.1) is 10.2 Å². The van der Waals surface area contributed by atoms with Crippen LogP contribution in [0.3, 0.4) is 0 Å². The van der Waals surface area contributed by atoms with Crippen LogP contribution in [0.1, 0.15) is 19.4 Å². The molecule has 0 fully saturated rings. The number of carbonyl (C=O) groups is 1. The lowest BCUT2D eigenvalue weighted by Gasteiger charge is -2.13. The number of amides is 1. The number of thioether (sulfide) groups is 1. The number of aromatic nitrogens is 3. The van der Waals surface area contributed by atoms with Crippen molar-refractivity contribution in [3.63, 3.8) is 0 Å². The van der Waals surface area contributed by atoms with Crippen molar-refractivity contribution in [1.82, 2.24) is 20.1 Å². The van der Waals surface area contributed by atoms with E-state index in [9.17, 15) is 4.79 Å². The summed E-state index contributed by atoms with van der Waals surface area (Å²) in [5, 5.41) is 11.7. The molecule has 0 bridgehead atoms. The van der Waals surface area contributed by atoms with E-state index in [4.69, 9.17) is 13.9 Å². The van der Waals surface area contributed by atoms with E-state index >= 15 is 0 Å². The molecule has 3 rings (SSSR count). The highest BCUT2D eigenvalue weighted by Crippen LogP contribution is 2.28. The zero-order chi connectivity index (χ0) is 20.8. The average molecular weight is 417 g/mol. The Labute approximate surface area is 173 Å². The molecule has 0 saturated carbocycles. The molecule has 1 N–H and O–H groups in total. The number of nitrogens with one attached hydrogen (secondary N) is 1. The lowest BCUT2D eigenvalue weighted by atomic mass is 10.2. The summed E-state index contributed by atoms with van der Waals surface area (Å²) in [6, 6.07) is 9.20. The number of carbonyl (C=O) groups excluding carboxylic acids is 1. The topological polar surface area (TPSA) is 91.4 Å². The summed E-state index contributed by atoms with van der Waals surface area (Å²) in [5.41, 5.74) is 0.921. The molecule has 154 valence electrons. The Morgan fingerprint density at radius 3 is 2.69 bits per heavy atom. The molecule has 0 radical (unpaired) electrons. The summed E-state index contributed by atoms with van der Waals surface area (Å²) in [7, 11) is 3.17.